The average molecular weight is 288 g/mol. The number of anilines is 1. The second-order valence-electron chi connectivity index (χ2n) is 4.97. The maximum absolute atomic E-state index is 13.5. The summed E-state index contributed by atoms with van der Waals surface area (Å²) in [4.78, 5) is 12.2. The Morgan fingerprint density at radius 2 is 2.05 bits per heavy atom. The van der Waals surface area contributed by atoms with E-state index in [1.165, 1.54) is 12.1 Å². The quantitative estimate of drug-likeness (QED) is 0.912. The first-order valence-corrected chi connectivity index (χ1v) is 6.69. The molecule has 1 aliphatic heterocycles. The number of para-hydroxylation sites is 1. The van der Waals surface area contributed by atoms with Crippen molar-refractivity contribution in [2.24, 2.45) is 0 Å². The van der Waals surface area contributed by atoms with Crippen molar-refractivity contribution in [2.75, 3.05) is 11.9 Å². The van der Waals surface area contributed by atoms with Crippen LogP contribution in [0.5, 0.6) is 0 Å². The van der Waals surface area contributed by atoms with Crippen LogP contribution in [0, 0.1) is 11.6 Å². The van der Waals surface area contributed by atoms with E-state index in [1.54, 1.807) is 0 Å². The van der Waals surface area contributed by atoms with Crippen LogP contribution in [0.2, 0.25) is 0 Å². The topological polar surface area (TPSA) is 41.1 Å². The molecule has 3 rings (SSSR count). The summed E-state index contributed by atoms with van der Waals surface area (Å²) in [6.07, 6.45) is 0. The molecule has 2 N–H and O–H groups in total. The van der Waals surface area contributed by atoms with Crippen LogP contribution in [0.3, 0.4) is 0 Å². The summed E-state index contributed by atoms with van der Waals surface area (Å²) >= 11 is 0. The molecule has 0 spiro atoms. The fourth-order valence-corrected chi connectivity index (χ4v) is 2.49. The fraction of sp³-hybridized carbons (Fsp3) is 0.188. The van der Waals surface area contributed by atoms with E-state index in [4.69, 9.17) is 0 Å². The molecule has 0 fully saturated rings. The minimum Gasteiger partial charge on any atom is -0.384 e. The van der Waals surface area contributed by atoms with Gasteiger partial charge in [-0.05, 0) is 17.7 Å². The lowest BCUT2D eigenvalue weighted by Gasteiger charge is -2.11. The van der Waals surface area contributed by atoms with Crippen molar-refractivity contribution in [2.45, 2.75) is 12.5 Å². The van der Waals surface area contributed by atoms with Crippen LogP contribution < -0.4 is 10.6 Å². The van der Waals surface area contributed by atoms with E-state index in [9.17, 15) is 13.6 Å². The van der Waals surface area contributed by atoms with Crippen LogP contribution in [-0.4, -0.2) is 12.5 Å². The maximum Gasteiger partial charge on any atom is 0.229 e. The maximum atomic E-state index is 13.5. The highest BCUT2D eigenvalue weighted by atomic mass is 19.1. The summed E-state index contributed by atoms with van der Waals surface area (Å²) in [5, 5.41) is 5.86. The van der Waals surface area contributed by atoms with Crippen LogP contribution in [0.15, 0.2) is 42.5 Å². The summed E-state index contributed by atoms with van der Waals surface area (Å²) in [6.45, 7) is 0.570. The van der Waals surface area contributed by atoms with Gasteiger partial charge in [0.15, 0.2) is 0 Å². The van der Waals surface area contributed by atoms with Crippen LogP contribution in [0.4, 0.5) is 14.5 Å². The van der Waals surface area contributed by atoms with Gasteiger partial charge in [-0.1, -0.05) is 24.3 Å². The number of halogens is 2. The van der Waals surface area contributed by atoms with Crippen molar-refractivity contribution in [3.63, 3.8) is 0 Å². The molecule has 0 radical (unpaired) electrons. The molecule has 0 saturated heterocycles. The standard InChI is InChI=1S/C16H14F2N2O/c17-11-6-5-10(14(18)7-11)8-20-16(21)13-9-19-15-4-2-1-3-12(13)15/h1-7,13,19H,8-9H2,(H,20,21). The molecule has 21 heavy (non-hydrogen) atoms. The monoisotopic (exact) mass is 288 g/mol. The molecule has 1 unspecified atom stereocenters. The van der Waals surface area contributed by atoms with Gasteiger partial charge in [0.2, 0.25) is 5.91 Å². The number of amides is 1. The van der Waals surface area contributed by atoms with Crippen molar-refractivity contribution >= 4 is 11.6 Å². The molecule has 5 heteroatoms. The van der Waals surface area contributed by atoms with Gasteiger partial charge in [0, 0.05) is 30.4 Å². The Bertz CT molecular complexity index is 688. The highest BCUT2D eigenvalue weighted by Crippen LogP contribution is 2.31. The van der Waals surface area contributed by atoms with E-state index in [2.05, 4.69) is 10.6 Å². The molecule has 108 valence electrons. The van der Waals surface area contributed by atoms with Crippen LogP contribution in [0.25, 0.3) is 0 Å². The predicted octanol–water partition coefficient (Wildman–Crippen LogP) is 2.79. The summed E-state index contributed by atoms with van der Waals surface area (Å²) in [6, 6.07) is 10.9. The van der Waals surface area contributed by atoms with Crippen molar-refractivity contribution in [3.05, 3.63) is 65.2 Å². The van der Waals surface area contributed by atoms with Gasteiger partial charge in [0.05, 0.1) is 5.92 Å². The van der Waals surface area contributed by atoms with Crippen LogP contribution in [0.1, 0.15) is 17.0 Å². The van der Waals surface area contributed by atoms with Crippen molar-refractivity contribution in [1.29, 1.82) is 0 Å². The third kappa shape index (κ3) is 2.72. The van der Waals surface area contributed by atoms with Gasteiger partial charge in [-0.15, -0.1) is 0 Å². The van der Waals surface area contributed by atoms with Gasteiger partial charge in [0.1, 0.15) is 11.6 Å². The average Bonchev–Trinajstić information content (AvgIpc) is 2.90. The van der Waals surface area contributed by atoms with Crippen LogP contribution >= 0.6 is 0 Å². The first-order chi connectivity index (χ1) is 10.1. The Morgan fingerprint density at radius 1 is 1.24 bits per heavy atom. The molecule has 0 saturated carbocycles. The fourth-order valence-electron chi connectivity index (χ4n) is 2.49. The van der Waals surface area contributed by atoms with E-state index >= 15 is 0 Å². The van der Waals surface area contributed by atoms with Crippen LogP contribution in [-0.2, 0) is 11.3 Å². The number of carbonyl (C=O) groups excluding carboxylic acids is 1. The molecular formula is C16H14F2N2O. The van der Waals surface area contributed by atoms with E-state index in [0.29, 0.717) is 6.54 Å². The first kappa shape index (κ1) is 13.5. The van der Waals surface area contributed by atoms with E-state index in [1.807, 2.05) is 24.3 Å². The molecule has 3 nitrogen and oxygen atoms in total. The molecule has 1 aliphatic rings. The summed E-state index contributed by atoms with van der Waals surface area (Å²) < 4.78 is 26.3. The number of hydrogen-bond acceptors (Lipinski definition) is 2. The van der Waals surface area contributed by atoms with Gasteiger partial charge >= 0.3 is 0 Å². The highest BCUT2D eigenvalue weighted by molar-refractivity contribution is 5.88. The Morgan fingerprint density at radius 3 is 2.86 bits per heavy atom. The van der Waals surface area contributed by atoms with E-state index in [0.717, 1.165) is 17.3 Å². The summed E-state index contributed by atoms with van der Waals surface area (Å²) in [5.74, 6) is -1.74. The van der Waals surface area contributed by atoms with Crippen molar-refractivity contribution in [1.82, 2.24) is 5.32 Å². The Hall–Kier alpha value is -2.43. The minimum atomic E-state index is -0.653. The third-order valence-corrected chi connectivity index (χ3v) is 3.62. The Kier molecular flexibility index (Phi) is 3.56. The van der Waals surface area contributed by atoms with Gasteiger partial charge in [0.25, 0.3) is 0 Å². The number of fused-ring (bicyclic) bond motifs is 1. The molecule has 1 heterocycles. The normalized spacial score (nSPS) is 16.2. The molecular weight excluding hydrogens is 274 g/mol. The van der Waals surface area contributed by atoms with Crippen molar-refractivity contribution in [3.8, 4) is 0 Å². The van der Waals surface area contributed by atoms with Gasteiger partial charge in [-0.25, -0.2) is 8.78 Å². The lowest BCUT2D eigenvalue weighted by Crippen LogP contribution is -2.30. The molecule has 1 amide bonds. The zero-order valence-electron chi connectivity index (χ0n) is 11.2. The Balaban J connectivity index is 1.68. The molecule has 0 aromatic heterocycles. The largest absolute Gasteiger partial charge is 0.384 e. The smallest absolute Gasteiger partial charge is 0.229 e. The third-order valence-electron chi connectivity index (χ3n) is 3.62. The number of nitrogens with one attached hydrogen (secondary N) is 2. The number of carbonyl (C=O) groups is 1. The first-order valence-electron chi connectivity index (χ1n) is 6.69. The molecule has 2 aromatic carbocycles. The van der Waals surface area contributed by atoms with Gasteiger partial charge in [-0.3, -0.25) is 4.79 Å². The highest BCUT2D eigenvalue weighted by Gasteiger charge is 2.27. The Labute approximate surface area is 121 Å². The van der Waals surface area contributed by atoms with E-state index in [-0.39, 0.29) is 23.9 Å². The zero-order valence-corrected chi connectivity index (χ0v) is 11.2. The zero-order chi connectivity index (χ0) is 14.8. The number of benzene rings is 2. The predicted molar refractivity (Wildman–Crippen MR) is 75.9 cm³/mol. The molecule has 2 aromatic rings. The SMILES string of the molecule is O=C(NCc1ccc(F)cc1F)C1CNc2ccccc21. The molecule has 0 bridgehead atoms. The second kappa shape index (κ2) is 5.52. The van der Waals surface area contributed by atoms with Gasteiger partial charge < -0.3 is 10.6 Å². The molecule has 0 aliphatic carbocycles. The van der Waals surface area contributed by atoms with Gasteiger partial charge in [-0.2, -0.15) is 0 Å². The summed E-state index contributed by atoms with van der Waals surface area (Å²) in [5.41, 5.74) is 2.16. The number of rotatable bonds is 3. The lowest BCUT2D eigenvalue weighted by atomic mass is 10.0. The lowest BCUT2D eigenvalue weighted by molar-refractivity contribution is -0.122. The second-order valence-corrected chi connectivity index (χ2v) is 4.97. The molecule has 1 atom stereocenters. The van der Waals surface area contributed by atoms with Crippen molar-refractivity contribution < 1.29 is 13.6 Å². The summed E-state index contributed by atoms with van der Waals surface area (Å²) in [7, 11) is 0. The van der Waals surface area contributed by atoms with E-state index < -0.39 is 11.6 Å². The number of hydrogen-bond donors (Lipinski definition) is 2. The minimum absolute atomic E-state index is 0.0453.